The zero-order valence-electron chi connectivity index (χ0n) is 15.8. The van der Waals surface area contributed by atoms with Crippen LogP contribution in [0.15, 0.2) is 24.3 Å². The highest BCUT2D eigenvalue weighted by atomic mass is 35.5. The molecule has 2 heterocycles. The van der Waals surface area contributed by atoms with Gasteiger partial charge in [-0.25, -0.2) is 13.6 Å². The number of hydrogen-bond acceptors (Lipinski definition) is 6. The van der Waals surface area contributed by atoms with E-state index in [0.717, 1.165) is 11.6 Å². The minimum atomic E-state index is -0.716. The molecule has 0 amide bonds. The fourth-order valence-electron chi connectivity index (χ4n) is 3.56. The summed E-state index contributed by atoms with van der Waals surface area (Å²) in [4.78, 5) is 14.1. The third kappa shape index (κ3) is 4.01. The van der Waals surface area contributed by atoms with Crippen LogP contribution in [0, 0.1) is 11.6 Å². The summed E-state index contributed by atoms with van der Waals surface area (Å²) in [7, 11) is 1.24. The largest absolute Gasteiger partial charge is 0.477 e. The minimum absolute atomic E-state index is 0. The van der Waals surface area contributed by atoms with Crippen molar-refractivity contribution in [3.63, 3.8) is 0 Å². The maximum atomic E-state index is 15.0. The van der Waals surface area contributed by atoms with Crippen LogP contribution in [0.1, 0.15) is 15.9 Å². The molecular weight excluding hydrogens is 406 g/mol. The van der Waals surface area contributed by atoms with Crippen molar-refractivity contribution in [2.45, 2.75) is 6.54 Å². The maximum absolute atomic E-state index is 15.0. The van der Waals surface area contributed by atoms with Gasteiger partial charge in [-0.1, -0.05) is 6.07 Å². The number of carbonyl (C=O) groups excluding carboxylic acids is 1. The molecule has 0 radical (unpaired) electrons. The lowest BCUT2D eigenvalue weighted by Crippen LogP contribution is -2.37. The third-order valence-corrected chi connectivity index (χ3v) is 4.93. The summed E-state index contributed by atoms with van der Waals surface area (Å²) in [5.41, 5.74) is 1.43. The van der Waals surface area contributed by atoms with E-state index in [2.05, 4.69) is 5.32 Å². The number of halogens is 3. The van der Waals surface area contributed by atoms with Crippen LogP contribution in [0.2, 0.25) is 0 Å². The van der Waals surface area contributed by atoms with E-state index in [9.17, 15) is 9.18 Å². The number of carbonyl (C=O) groups is 1. The first-order chi connectivity index (χ1) is 13.6. The predicted molar refractivity (Wildman–Crippen MR) is 106 cm³/mol. The first-order valence-electron chi connectivity index (χ1n) is 9.00. The zero-order chi connectivity index (χ0) is 19.7. The number of rotatable bonds is 3. The Morgan fingerprint density at radius 2 is 1.93 bits per heavy atom. The van der Waals surface area contributed by atoms with Crippen LogP contribution in [0.5, 0.6) is 5.75 Å². The summed E-state index contributed by atoms with van der Waals surface area (Å²) in [6.07, 6.45) is 0. The number of fused-ring (bicyclic) bond motifs is 1. The Morgan fingerprint density at radius 3 is 2.66 bits per heavy atom. The molecule has 9 heteroatoms. The number of nitrogens with one attached hydrogen (secondary N) is 1. The highest BCUT2D eigenvalue weighted by molar-refractivity contribution is 5.97. The van der Waals surface area contributed by atoms with Crippen molar-refractivity contribution in [3.05, 3.63) is 47.0 Å². The molecule has 2 aromatic carbocycles. The Labute approximate surface area is 173 Å². The van der Waals surface area contributed by atoms with E-state index in [-0.39, 0.29) is 35.8 Å². The molecule has 156 valence electrons. The smallest absolute Gasteiger partial charge is 0.340 e. The number of ether oxygens (including phenoxy) is 3. The van der Waals surface area contributed by atoms with Crippen molar-refractivity contribution in [2.24, 2.45) is 0 Å². The van der Waals surface area contributed by atoms with Gasteiger partial charge >= 0.3 is 5.97 Å². The SMILES string of the molecule is COC(=O)c1cc(F)c(-c2c(F)ccc3c2OCNC3)cc1N1CCOCC1.Cl. The number of methoxy groups -OCH3 is 1. The van der Waals surface area contributed by atoms with E-state index < -0.39 is 17.6 Å². The van der Waals surface area contributed by atoms with Crippen molar-refractivity contribution >= 4 is 24.1 Å². The monoisotopic (exact) mass is 426 g/mol. The van der Waals surface area contributed by atoms with Crippen LogP contribution >= 0.6 is 12.4 Å². The van der Waals surface area contributed by atoms with E-state index in [1.807, 2.05) is 4.90 Å². The zero-order valence-corrected chi connectivity index (χ0v) is 16.6. The van der Waals surface area contributed by atoms with Crippen LogP contribution in [0.25, 0.3) is 11.1 Å². The van der Waals surface area contributed by atoms with E-state index in [1.54, 1.807) is 6.07 Å². The number of nitrogens with zero attached hydrogens (tertiary/aromatic N) is 1. The number of anilines is 1. The topological polar surface area (TPSA) is 60.0 Å². The molecule has 2 aliphatic heterocycles. The first-order valence-corrected chi connectivity index (χ1v) is 9.00. The van der Waals surface area contributed by atoms with Crippen molar-refractivity contribution in [1.29, 1.82) is 0 Å². The number of benzene rings is 2. The third-order valence-electron chi connectivity index (χ3n) is 4.93. The van der Waals surface area contributed by atoms with Gasteiger partial charge in [-0.2, -0.15) is 0 Å². The van der Waals surface area contributed by atoms with Gasteiger partial charge in [-0.15, -0.1) is 12.4 Å². The molecular formula is C20H21ClF2N2O4. The van der Waals surface area contributed by atoms with Crippen LogP contribution in [-0.2, 0) is 16.0 Å². The first kappa shape index (κ1) is 21.3. The molecule has 0 aromatic heterocycles. The van der Waals surface area contributed by atoms with Gasteiger partial charge in [0.2, 0.25) is 0 Å². The van der Waals surface area contributed by atoms with Crippen LogP contribution in [0.4, 0.5) is 14.5 Å². The molecule has 0 saturated carbocycles. The van der Waals surface area contributed by atoms with Crippen LogP contribution in [0.3, 0.4) is 0 Å². The van der Waals surface area contributed by atoms with E-state index >= 15 is 4.39 Å². The summed E-state index contributed by atoms with van der Waals surface area (Å²) in [6, 6.07) is 5.51. The predicted octanol–water partition coefficient (Wildman–Crippen LogP) is 3.12. The van der Waals surface area contributed by atoms with Gasteiger partial charge in [-0.05, 0) is 18.2 Å². The molecule has 2 aliphatic rings. The summed E-state index contributed by atoms with van der Waals surface area (Å²) >= 11 is 0. The molecule has 0 spiro atoms. The highest BCUT2D eigenvalue weighted by Gasteiger charge is 2.27. The molecule has 1 saturated heterocycles. The van der Waals surface area contributed by atoms with Crippen molar-refractivity contribution < 1.29 is 27.8 Å². The lowest BCUT2D eigenvalue weighted by molar-refractivity contribution is 0.0600. The fraction of sp³-hybridized carbons (Fsp3) is 0.350. The molecule has 2 aromatic rings. The minimum Gasteiger partial charge on any atom is -0.477 e. The Kier molecular flexibility index (Phi) is 6.56. The lowest BCUT2D eigenvalue weighted by Gasteiger charge is -2.31. The van der Waals surface area contributed by atoms with Crippen molar-refractivity contribution in [1.82, 2.24) is 5.32 Å². The molecule has 4 rings (SSSR count). The summed E-state index contributed by atoms with van der Waals surface area (Å²) in [6.45, 7) is 2.74. The highest BCUT2D eigenvalue weighted by Crippen LogP contribution is 2.41. The van der Waals surface area contributed by atoms with E-state index in [0.29, 0.717) is 44.3 Å². The van der Waals surface area contributed by atoms with Gasteiger partial charge in [-0.3, -0.25) is 5.32 Å². The number of hydrogen-bond donors (Lipinski definition) is 1. The summed E-state index contributed by atoms with van der Waals surface area (Å²) < 4.78 is 45.6. The standard InChI is InChI=1S/C20H20F2N2O4.ClH/c1-26-20(25)14-8-16(22)13(9-17(14)24-4-6-27-7-5-24)18-15(21)3-2-12-10-23-11-28-19(12)18;/h2-3,8-9,23H,4-7,10-11H2,1H3;1H. The molecule has 1 N–H and O–H groups in total. The van der Waals surface area contributed by atoms with Gasteiger partial charge in [0.15, 0.2) is 0 Å². The molecule has 0 bridgehead atoms. The Bertz CT molecular complexity index is 920. The molecule has 29 heavy (non-hydrogen) atoms. The van der Waals surface area contributed by atoms with Crippen LogP contribution in [-0.4, -0.2) is 46.1 Å². The van der Waals surface area contributed by atoms with E-state index in [1.165, 1.54) is 19.2 Å². The molecule has 0 aliphatic carbocycles. The quantitative estimate of drug-likeness (QED) is 0.761. The van der Waals surface area contributed by atoms with Gasteiger partial charge in [0.1, 0.15) is 24.1 Å². The summed E-state index contributed by atoms with van der Waals surface area (Å²) in [5, 5.41) is 3.03. The second-order valence-corrected chi connectivity index (χ2v) is 6.57. The molecule has 6 nitrogen and oxygen atoms in total. The Hall–Kier alpha value is -2.42. The maximum Gasteiger partial charge on any atom is 0.340 e. The van der Waals surface area contributed by atoms with Gasteiger partial charge in [0, 0.05) is 30.8 Å². The van der Waals surface area contributed by atoms with Crippen molar-refractivity contribution in [3.8, 4) is 16.9 Å². The molecule has 1 fully saturated rings. The van der Waals surface area contributed by atoms with Crippen molar-refractivity contribution in [2.75, 3.05) is 45.0 Å². The van der Waals surface area contributed by atoms with Gasteiger partial charge in [0.25, 0.3) is 0 Å². The van der Waals surface area contributed by atoms with E-state index in [4.69, 9.17) is 14.2 Å². The normalized spacial score (nSPS) is 15.8. The second-order valence-electron chi connectivity index (χ2n) is 6.57. The van der Waals surface area contributed by atoms with Gasteiger partial charge < -0.3 is 19.1 Å². The average Bonchev–Trinajstić information content (AvgIpc) is 2.74. The van der Waals surface area contributed by atoms with Crippen LogP contribution < -0.4 is 15.0 Å². The number of morpholine rings is 1. The van der Waals surface area contributed by atoms with Gasteiger partial charge in [0.05, 0.1) is 37.1 Å². The lowest BCUT2D eigenvalue weighted by atomic mass is 9.96. The fourth-order valence-corrected chi connectivity index (χ4v) is 3.56. The summed E-state index contributed by atoms with van der Waals surface area (Å²) in [5.74, 6) is -1.63. The average molecular weight is 427 g/mol. The number of esters is 1. The Morgan fingerprint density at radius 1 is 1.17 bits per heavy atom. The molecule has 0 atom stereocenters. The second kappa shape index (κ2) is 8.94. The Balaban J connectivity index is 0.00000240. The molecule has 0 unspecified atom stereocenters.